The fourth-order valence-electron chi connectivity index (χ4n) is 6.25. The Balaban J connectivity index is 1.22. The molecule has 2 aromatic carbocycles. The molecule has 0 spiro atoms. The van der Waals surface area contributed by atoms with Gasteiger partial charge in [0.25, 0.3) is 0 Å². The lowest BCUT2D eigenvalue weighted by Gasteiger charge is -2.23. The SMILES string of the molecule is COc1c(C(=O)O)cnn1-c1cccc(-c2cccc(C)c2OCc2ccc3c(c2C)CCN(CC2CCCO2)CC3)n1. The van der Waals surface area contributed by atoms with Crippen LogP contribution < -0.4 is 9.47 Å². The molecule has 2 aromatic heterocycles. The van der Waals surface area contributed by atoms with Crippen molar-refractivity contribution >= 4 is 5.97 Å². The number of aromatic carboxylic acids is 1. The van der Waals surface area contributed by atoms with E-state index >= 15 is 0 Å². The van der Waals surface area contributed by atoms with Gasteiger partial charge in [-0.2, -0.15) is 9.78 Å². The van der Waals surface area contributed by atoms with Gasteiger partial charge in [-0.25, -0.2) is 9.78 Å². The second-order valence-electron chi connectivity index (χ2n) is 11.3. The molecule has 4 aromatic rings. The van der Waals surface area contributed by atoms with Gasteiger partial charge >= 0.3 is 5.97 Å². The monoisotopic (exact) mass is 582 g/mol. The van der Waals surface area contributed by atoms with Gasteiger partial charge in [-0.05, 0) is 85.5 Å². The van der Waals surface area contributed by atoms with Crippen LogP contribution >= 0.6 is 0 Å². The van der Waals surface area contributed by atoms with E-state index in [4.69, 9.17) is 19.2 Å². The number of pyridine rings is 1. The van der Waals surface area contributed by atoms with E-state index in [0.717, 1.165) is 56.0 Å². The summed E-state index contributed by atoms with van der Waals surface area (Å²) < 4.78 is 19.2. The second-order valence-corrected chi connectivity index (χ2v) is 11.3. The number of aromatic nitrogens is 3. The van der Waals surface area contributed by atoms with Gasteiger partial charge in [0.15, 0.2) is 5.82 Å². The van der Waals surface area contributed by atoms with E-state index in [1.54, 1.807) is 6.07 Å². The molecule has 9 nitrogen and oxygen atoms in total. The van der Waals surface area contributed by atoms with E-state index in [9.17, 15) is 9.90 Å². The molecule has 0 aliphatic carbocycles. The molecule has 1 saturated heterocycles. The number of fused-ring (bicyclic) bond motifs is 1. The highest BCUT2D eigenvalue weighted by atomic mass is 16.5. The number of nitrogens with zero attached hydrogens (tertiary/aromatic N) is 4. The largest absolute Gasteiger partial charge is 0.488 e. The molecule has 2 aliphatic heterocycles. The Labute approximate surface area is 252 Å². The van der Waals surface area contributed by atoms with E-state index < -0.39 is 5.97 Å². The second kappa shape index (κ2) is 12.6. The van der Waals surface area contributed by atoms with Gasteiger partial charge < -0.3 is 24.2 Å². The van der Waals surface area contributed by atoms with Crippen molar-refractivity contribution < 1.29 is 24.1 Å². The van der Waals surface area contributed by atoms with Crippen molar-refractivity contribution in [1.82, 2.24) is 19.7 Å². The minimum atomic E-state index is -1.11. The van der Waals surface area contributed by atoms with Crippen LogP contribution in [0.1, 0.15) is 51.0 Å². The summed E-state index contributed by atoms with van der Waals surface area (Å²) in [5, 5.41) is 13.7. The Bertz CT molecular complexity index is 1630. The average Bonchev–Trinajstić information content (AvgIpc) is 3.64. The van der Waals surface area contributed by atoms with Gasteiger partial charge in [0, 0.05) is 31.8 Å². The number of hydrogen-bond donors (Lipinski definition) is 1. The molecule has 6 rings (SSSR count). The lowest BCUT2D eigenvalue weighted by atomic mass is 9.94. The maximum Gasteiger partial charge on any atom is 0.342 e. The Hall–Kier alpha value is -4.21. The zero-order valence-electron chi connectivity index (χ0n) is 25.0. The van der Waals surface area contributed by atoms with E-state index in [1.165, 1.54) is 53.1 Å². The summed E-state index contributed by atoms with van der Waals surface area (Å²) in [7, 11) is 1.42. The van der Waals surface area contributed by atoms with Gasteiger partial charge in [0.1, 0.15) is 17.9 Å². The number of aryl methyl sites for hydroxylation is 1. The summed E-state index contributed by atoms with van der Waals surface area (Å²) in [6.45, 7) is 8.76. The number of carboxylic acids is 1. The van der Waals surface area contributed by atoms with Gasteiger partial charge in [0.2, 0.25) is 5.88 Å². The maximum atomic E-state index is 11.6. The number of methoxy groups -OCH3 is 1. The molecular formula is C34H38N4O5. The molecule has 9 heteroatoms. The molecule has 1 unspecified atom stereocenters. The Morgan fingerprint density at radius 1 is 1.09 bits per heavy atom. The number of ether oxygens (including phenoxy) is 3. The third-order valence-corrected chi connectivity index (χ3v) is 8.63. The molecule has 1 fully saturated rings. The standard InChI is InChI=1S/C34H38N4O5/c1-22-7-4-9-28(30-10-5-11-31(36-30)38-33(41-3)29(19-35-38)34(39)40)32(22)43-21-25-13-12-24-14-16-37(17-15-27(24)23(25)2)20-26-8-6-18-42-26/h4-5,7,9-13,19,26H,6,8,14-18,20-21H2,1-3H3,(H,39,40). The number of carboxylic acid groups (broad SMARTS) is 1. The minimum Gasteiger partial charge on any atom is -0.488 e. The summed E-state index contributed by atoms with van der Waals surface area (Å²) in [6, 6.07) is 16.0. The van der Waals surface area contributed by atoms with Crippen LogP contribution in [0.15, 0.2) is 54.7 Å². The van der Waals surface area contributed by atoms with Crippen molar-refractivity contribution in [2.75, 3.05) is 33.4 Å². The Morgan fingerprint density at radius 2 is 1.93 bits per heavy atom. The predicted octanol–water partition coefficient (Wildman–Crippen LogP) is 5.42. The highest BCUT2D eigenvalue weighted by molar-refractivity contribution is 5.90. The minimum absolute atomic E-state index is 0.0269. The molecule has 43 heavy (non-hydrogen) atoms. The number of hydrogen-bond acceptors (Lipinski definition) is 7. The molecule has 1 atom stereocenters. The first kappa shape index (κ1) is 28.9. The molecule has 0 amide bonds. The molecule has 224 valence electrons. The highest BCUT2D eigenvalue weighted by Gasteiger charge is 2.23. The van der Waals surface area contributed by atoms with Crippen molar-refractivity contribution in [3.8, 4) is 28.7 Å². The van der Waals surface area contributed by atoms with Crippen LogP contribution in [0, 0.1) is 13.8 Å². The van der Waals surface area contributed by atoms with Crippen LogP contribution in [0.2, 0.25) is 0 Å². The van der Waals surface area contributed by atoms with Crippen molar-refractivity contribution in [3.05, 3.63) is 88.1 Å². The molecule has 0 bridgehead atoms. The highest BCUT2D eigenvalue weighted by Crippen LogP contribution is 2.34. The van der Waals surface area contributed by atoms with Crippen molar-refractivity contribution in [3.63, 3.8) is 0 Å². The summed E-state index contributed by atoms with van der Waals surface area (Å²) >= 11 is 0. The molecule has 0 saturated carbocycles. The van der Waals surface area contributed by atoms with Crippen LogP contribution in [0.5, 0.6) is 11.6 Å². The number of benzene rings is 2. The lowest BCUT2D eigenvalue weighted by Crippen LogP contribution is -2.34. The predicted molar refractivity (Wildman–Crippen MR) is 163 cm³/mol. The zero-order valence-corrected chi connectivity index (χ0v) is 25.0. The molecular weight excluding hydrogens is 544 g/mol. The van der Waals surface area contributed by atoms with Gasteiger partial charge in [-0.1, -0.05) is 30.3 Å². The van der Waals surface area contributed by atoms with Crippen LogP contribution in [-0.2, 0) is 24.2 Å². The number of carbonyl (C=O) groups is 1. The average molecular weight is 583 g/mol. The van der Waals surface area contributed by atoms with Gasteiger partial charge in [-0.15, -0.1) is 0 Å². The first-order valence-corrected chi connectivity index (χ1v) is 14.9. The van der Waals surface area contributed by atoms with Crippen molar-refractivity contribution in [2.24, 2.45) is 0 Å². The number of rotatable bonds is 9. The quantitative estimate of drug-likeness (QED) is 0.280. The first-order chi connectivity index (χ1) is 20.9. The van der Waals surface area contributed by atoms with Gasteiger partial charge in [-0.3, -0.25) is 0 Å². The normalized spacial score (nSPS) is 17.0. The first-order valence-electron chi connectivity index (χ1n) is 14.9. The van der Waals surface area contributed by atoms with Crippen LogP contribution in [0.4, 0.5) is 0 Å². The van der Waals surface area contributed by atoms with E-state index in [2.05, 4.69) is 29.1 Å². The van der Waals surface area contributed by atoms with E-state index in [0.29, 0.717) is 24.2 Å². The Kier molecular flexibility index (Phi) is 8.44. The fourth-order valence-corrected chi connectivity index (χ4v) is 6.25. The smallest absolute Gasteiger partial charge is 0.342 e. The lowest BCUT2D eigenvalue weighted by molar-refractivity contribution is 0.0693. The van der Waals surface area contributed by atoms with Crippen molar-refractivity contribution in [2.45, 2.75) is 52.2 Å². The summed E-state index contributed by atoms with van der Waals surface area (Å²) in [5.74, 6) is 0.219. The molecule has 4 heterocycles. The molecule has 2 aliphatic rings. The maximum absolute atomic E-state index is 11.6. The van der Waals surface area contributed by atoms with Crippen molar-refractivity contribution in [1.29, 1.82) is 0 Å². The summed E-state index contributed by atoms with van der Waals surface area (Å²) in [4.78, 5) is 19.0. The zero-order chi connectivity index (χ0) is 29.9. The molecule has 0 radical (unpaired) electrons. The van der Waals surface area contributed by atoms with Crippen LogP contribution in [0.3, 0.4) is 0 Å². The summed E-state index contributed by atoms with van der Waals surface area (Å²) in [6.07, 6.45) is 6.10. The van der Waals surface area contributed by atoms with E-state index in [1.807, 2.05) is 37.3 Å². The number of para-hydroxylation sites is 1. The Morgan fingerprint density at radius 3 is 2.72 bits per heavy atom. The molecule has 1 N–H and O–H groups in total. The van der Waals surface area contributed by atoms with Crippen LogP contribution in [-0.4, -0.2) is 70.2 Å². The third kappa shape index (κ3) is 6.00. The topological polar surface area (TPSA) is 98.9 Å². The van der Waals surface area contributed by atoms with E-state index in [-0.39, 0.29) is 11.4 Å². The van der Waals surface area contributed by atoms with Crippen LogP contribution in [0.25, 0.3) is 17.1 Å². The fraction of sp³-hybridized carbons (Fsp3) is 0.382. The summed E-state index contributed by atoms with van der Waals surface area (Å²) in [5.41, 5.74) is 7.90. The van der Waals surface area contributed by atoms with Gasteiger partial charge in [0.05, 0.1) is 25.1 Å². The third-order valence-electron chi connectivity index (χ3n) is 8.63.